The summed E-state index contributed by atoms with van der Waals surface area (Å²) < 4.78 is 5.08. The number of ether oxygens (including phenoxy) is 1. The number of hydrogen-bond acceptors (Lipinski definition) is 5. The highest BCUT2D eigenvalue weighted by molar-refractivity contribution is 5.70. The maximum atomic E-state index is 11.5. The molecule has 0 saturated heterocycles. The molecule has 7 heteroatoms. The Morgan fingerprint density at radius 2 is 2.18 bits per heavy atom. The Kier molecular flexibility index (Phi) is 6.57. The van der Waals surface area contributed by atoms with Crippen molar-refractivity contribution in [3.8, 4) is 0 Å². The molecule has 98 valence electrons. The van der Waals surface area contributed by atoms with E-state index in [4.69, 9.17) is 16.0 Å². The molecule has 0 saturated carbocycles. The standard InChI is InChI=1S/C10H20N4O3/c1-10(2,3)17-9(16)6-7(13-14-12)8(15)4-5-11/h7-8,15H,4-6,11H2,1-3H3/t7-,8+/m0/s1. The number of esters is 1. The van der Waals surface area contributed by atoms with Crippen molar-refractivity contribution in [2.24, 2.45) is 10.8 Å². The molecule has 0 bridgehead atoms. The third-order valence-electron chi connectivity index (χ3n) is 1.90. The number of carbonyl (C=O) groups excluding carboxylic acids is 1. The van der Waals surface area contributed by atoms with Crippen LogP contribution in [0.5, 0.6) is 0 Å². The quantitative estimate of drug-likeness (QED) is 0.314. The highest BCUT2D eigenvalue weighted by atomic mass is 16.6. The minimum Gasteiger partial charge on any atom is -0.460 e. The number of nitrogens with zero attached hydrogens (tertiary/aromatic N) is 3. The molecule has 0 aromatic heterocycles. The number of carbonyl (C=O) groups is 1. The zero-order valence-corrected chi connectivity index (χ0v) is 10.5. The molecule has 0 radical (unpaired) electrons. The molecule has 0 spiro atoms. The van der Waals surface area contributed by atoms with Crippen molar-refractivity contribution >= 4 is 5.97 Å². The van der Waals surface area contributed by atoms with Crippen LogP contribution in [-0.4, -0.2) is 35.4 Å². The van der Waals surface area contributed by atoms with E-state index in [1.165, 1.54) is 0 Å². The van der Waals surface area contributed by atoms with Crippen LogP contribution < -0.4 is 5.73 Å². The van der Waals surface area contributed by atoms with E-state index < -0.39 is 23.7 Å². The molecule has 3 N–H and O–H groups in total. The summed E-state index contributed by atoms with van der Waals surface area (Å²) in [6.45, 7) is 5.48. The second-order valence-electron chi connectivity index (χ2n) is 4.71. The number of aliphatic hydroxyl groups is 1. The lowest BCUT2D eigenvalue weighted by atomic mass is 10.1. The Bertz CT molecular complexity index is 294. The van der Waals surface area contributed by atoms with Crippen LogP contribution in [0.1, 0.15) is 33.6 Å². The van der Waals surface area contributed by atoms with Crippen molar-refractivity contribution in [3.63, 3.8) is 0 Å². The minimum absolute atomic E-state index is 0.150. The summed E-state index contributed by atoms with van der Waals surface area (Å²) >= 11 is 0. The molecular formula is C10H20N4O3. The van der Waals surface area contributed by atoms with E-state index in [1.54, 1.807) is 20.8 Å². The summed E-state index contributed by atoms with van der Waals surface area (Å²) in [5.41, 5.74) is 13.0. The Labute approximate surface area is 101 Å². The van der Waals surface area contributed by atoms with E-state index in [2.05, 4.69) is 10.0 Å². The number of nitrogens with two attached hydrogens (primary N) is 1. The van der Waals surface area contributed by atoms with Crippen molar-refractivity contribution in [2.45, 2.75) is 51.4 Å². The minimum atomic E-state index is -0.927. The normalized spacial score (nSPS) is 14.6. The molecule has 17 heavy (non-hydrogen) atoms. The molecule has 0 fully saturated rings. The van der Waals surface area contributed by atoms with Crippen molar-refractivity contribution in [1.29, 1.82) is 0 Å². The Morgan fingerprint density at radius 1 is 1.59 bits per heavy atom. The predicted molar refractivity (Wildman–Crippen MR) is 63.1 cm³/mol. The lowest BCUT2D eigenvalue weighted by molar-refractivity contribution is -0.155. The summed E-state index contributed by atoms with van der Waals surface area (Å²) in [5.74, 6) is -0.508. The maximum absolute atomic E-state index is 11.5. The van der Waals surface area contributed by atoms with Gasteiger partial charge < -0.3 is 15.6 Å². The summed E-state index contributed by atoms with van der Waals surface area (Å²) in [4.78, 5) is 14.1. The predicted octanol–water partition coefficient (Wildman–Crippen LogP) is 1.11. The molecule has 0 unspecified atom stereocenters. The van der Waals surface area contributed by atoms with E-state index in [0.717, 1.165) is 0 Å². The van der Waals surface area contributed by atoms with Crippen LogP contribution >= 0.6 is 0 Å². The second kappa shape index (κ2) is 7.11. The molecule has 0 aliphatic carbocycles. The molecule has 0 rings (SSSR count). The Balaban J connectivity index is 4.44. The average Bonchev–Trinajstić information content (AvgIpc) is 2.14. The highest BCUT2D eigenvalue weighted by Gasteiger charge is 2.24. The first kappa shape index (κ1) is 15.7. The lowest BCUT2D eigenvalue weighted by Gasteiger charge is -2.22. The van der Waals surface area contributed by atoms with Gasteiger partial charge in [0.1, 0.15) is 5.60 Å². The van der Waals surface area contributed by atoms with E-state index in [-0.39, 0.29) is 19.4 Å². The number of aliphatic hydroxyl groups excluding tert-OH is 1. The summed E-state index contributed by atoms with van der Waals surface area (Å²) in [5, 5.41) is 13.0. The van der Waals surface area contributed by atoms with Gasteiger partial charge in [0.15, 0.2) is 0 Å². The van der Waals surface area contributed by atoms with Gasteiger partial charge in [0, 0.05) is 4.91 Å². The first-order valence-corrected chi connectivity index (χ1v) is 5.44. The van der Waals surface area contributed by atoms with Gasteiger partial charge in [-0.05, 0) is 39.3 Å². The first-order chi connectivity index (χ1) is 7.80. The molecule has 0 aromatic carbocycles. The fourth-order valence-electron chi connectivity index (χ4n) is 1.24. The van der Waals surface area contributed by atoms with Gasteiger partial charge in [0.05, 0.1) is 18.6 Å². The lowest BCUT2D eigenvalue weighted by Crippen LogP contribution is -2.32. The fraction of sp³-hybridized carbons (Fsp3) is 0.900. The molecule has 0 aliphatic heterocycles. The van der Waals surface area contributed by atoms with Crippen LogP contribution in [0, 0.1) is 0 Å². The zero-order valence-electron chi connectivity index (χ0n) is 10.5. The van der Waals surface area contributed by atoms with Gasteiger partial charge in [-0.2, -0.15) is 0 Å². The van der Waals surface area contributed by atoms with Crippen LogP contribution in [-0.2, 0) is 9.53 Å². The van der Waals surface area contributed by atoms with E-state index in [9.17, 15) is 9.90 Å². The van der Waals surface area contributed by atoms with Crippen LogP contribution in [0.4, 0.5) is 0 Å². The SMILES string of the molecule is CC(C)(C)OC(=O)C[C@H](N=[N+]=[N-])[C@H](O)CCN. The summed E-state index contributed by atoms with van der Waals surface area (Å²) in [6, 6.07) is -0.835. The molecule has 2 atom stereocenters. The third-order valence-corrected chi connectivity index (χ3v) is 1.90. The monoisotopic (exact) mass is 244 g/mol. The topological polar surface area (TPSA) is 121 Å². The van der Waals surface area contributed by atoms with E-state index >= 15 is 0 Å². The molecule has 0 aliphatic rings. The van der Waals surface area contributed by atoms with Crippen molar-refractivity contribution in [3.05, 3.63) is 10.4 Å². The van der Waals surface area contributed by atoms with Crippen LogP contribution in [0.2, 0.25) is 0 Å². The van der Waals surface area contributed by atoms with Crippen molar-refractivity contribution < 1.29 is 14.6 Å². The van der Waals surface area contributed by atoms with Gasteiger partial charge in [0.2, 0.25) is 0 Å². The summed E-state index contributed by atoms with van der Waals surface area (Å²) in [6.07, 6.45) is -0.807. The number of azide groups is 1. The van der Waals surface area contributed by atoms with Crippen molar-refractivity contribution in [1.82, 2.24) is 0 Å². The molecule has 0 aromatic rings. The maximum Gasteiger partial charge on any atom is 0.306 e. The van der Waals surface area contributed by atoms with Crippen molar-refractivity contribution in [2.75, 3.05) is 6.54 Å². The van der Waals surface area contributed by atoms with Gasteiger partial charge in [0.25, 0.3) is 0 Å². The smallest absolute Gasteiger partial charge is 0.306 e. The van der Waals surface area contributed by atoms with Gasteiger partial charge in [-0.3, -0.25) is 4.79 Å². The van der Waals surface area contributed by atoms with Gasteiger partial charge in [-0.15, -0.1) is 0 Å². The van der Waals surface area contributed by atoms with Gasteiger partial charge in [-0.25, -0.2) is 0 Å². The number of hydrogen-bond donors (Lipinski definition) is 2. The van der Waals surface area contributed by atoms with E-state index in [0.29, 0.717) is 0 Å². The fourth-order valence-corrected chi connectivity index (χ4v) is 1.24. The molecule has 0 heterocycles. The Hall–Kier alpha value is -1.30. The first-order valence-electron chi connectivity index (χ1n) is 5.44. The molecule has 0 amide bonds. The third kappa shape index (κ3) is 7.57. The van der Waals surface area contributed by atoms with Gasteiger partial charge in [-0.1, -0.05) is 5.11 Å². The zero-order chi connectivity index (χ0) is 13.5. The largest absolute Gasteiger partial charge is 0.460 e. The van der Waals surface area contributed by atoms with Crippen LogP contribution in [0.3, 0.4) is 0 Å². The van der Waals surface area contributed by atoms with Gasteiger partial charge >= 0.3 is 5.97 Å². The number of rotatable bonds is 6. The Morgan fingerprint density at radius 3 is 2.59 bits per heavy atom. The second-order valence-corrected chi connectivity index (χ2v) is 4.71. The van der Waals surface area contributed by atoms with Crippen LogP contribution in [0.25, 0.3) is 10.4 Å². The average molecular weight is 244 g/mol. The molecule has 7 nitrogen and oxygen atoms in total. The summed E-state index contributed by atoms with van der Waals surface area (Å²) in [7, 11) is 0. The highest BCUT2D eigenvalue weighted by Crippen LogP contribution is 2.13. The van der Waals surface area contributed by atoms with Crippen LogP contribution in [0.15, 0.2) is 5.11 Å². The molecular weight excluding hydrogens is 224 g/mol. The van der Waals surface area contributed by atoms with E-state index in [1.807, 2.05) is 0 Å².